The zero-order valence-corrected chi connectivity index (χ0v) is 9.20. The van der Waals surface area contributed by atoms with Gasteiger partial charge < -0.3 is 14.7 Å². The van der Waals surface area contributed by atoms with E-state index < -0.39 is 4.92 Å². The molecule has 0 aromatic carbocycles. The highest BCUT2D eigenvalue weighted by atomic mass is 79.9. The number of nitrogens with zero attached hydrogens (tertiary/aromatic N) is 3. The molecule has 0 saturated carbocycles. The minimum absolute atomic E-state index is 0.0654. The van der Waals surface area contributed by atoms with Gasteiger partial charge in [0.15, 0.2) is 0 Å². The number of halogens is 1. The van der Waals surface area contributed by atoms with Gasteiger partial charge in [0.05, 0.1) is 4.83 Å². The van der Waals surface area contributed by atoms with Crippen molar-refractivity contribution in [2.75, 3.05) is 0 Å². The first-order valence-corrected chi connectivity index (χ1v) is 4.68. The smallest absolute Gasteiger partial charge is 0.358 e. The molecule has 5 nitrogen and oxygen atoms in total. The number of hydrogen-bond donors (Lipinski definition) is 0. The predicted octanol–water partition coefficient (Wildman–Crippen LogP) is 2.09. The summed E-state index contributed by atoms with van der Waals surface area (Å²) in [5.41, 5.74) is 0.600. The van der Waals surface area contributed by atoms with Gasteiger partial charge in [-0.3, -0.25) is 0 Å². The largest absolute Gasteiger partial charge is 0.386 e. The van der Waals surface area contributed by atoms with Gasteiger partial charge in [-0.2, -0.15) is 0 Å². The minimum atomic E-state index is -0.458. The van der Waals surface area contributed by atoms with Crippen molar-refractivity contribution in [2.45, 2.75) is 18.7 Å². The Morgan fingerprint density at radius 2 is 2.23 bits per heavy atom. The second kappa shape index (κ2) is 3.45. The van der Waals surface area contributed by atoms with Crippen molar-refractivity contribution >= 4 is 21.7 Å². The molecule has 13 heavy (non-hydrogen) atoms. The van der Waals surface area contributed by atoms with Crippen LogP contribution in [-0.2, 0) is 7.05 Å². The lowest BCUT2D eigenvalue weighted by Crippen LogP contribution is -2.00. The lowest BCUT2D eigenvalue weighted by atomic mass is 10.3. The topological polar surface area (TPSA) is 61.0 Å². The highest BCUT2D eigenvalue weighted by Crippen LogP contribution is 2.29. The average molecular weight is 248 g/mol. The van der Waals surface area contributed by atoms with E-state index in [4.69, 9.17) is 0 Å². The molecule has 0 spiro atoms. The predicted molar refractivity (Wildman–Crippen MR) is 51.9 cm³/mol. The first kappa shape index (κ1) is 10.2. The maximum atomic E-state index is 10.6. The SMILES string of the molecule is Cc1nc([N+](=O)[O-])c(C(C)Br)n1C. The van der Waals surface area contributed by atoms with E-state index in [2.05, 4.69) is 20.9 Å². The van der Waals surface area contributed by atoms with Gasteiger partial charge in [-0.25, -0.2) is 0 Å². The second-order valence-corrected chi connectivity index (χ2v) is 4.17. The molecule has 6 heteroatoms. The Labute approximate surface area is 84.1 Å². The van der Waals surface area contributed by atoms with Crippen LogP contribution in [0.4, 0.5) is 5.82 Å². The number of nitro groups is 1. The third-order valence-corrected chi connectivity index (χ3v) is 2.33. The maximum absolute atomic E-state index is 10.6. The quantitative estimate of drug-likeness (QED) is 0.457. The first-order valence-electron chi connectivity index (χ1n) is 3.76. The Hall–Kier alpha value is -0.910. The van der Waals surface area contributed by atoms with E-state index >= 15 is 0 Å². The molecule has 0 aliphatic rings. The van der Waals surface area contributed by atoms with E-state index in [0.717, 1.165) is 0 Å². The summed E-state index contributed by atoms with van der Waals surface area (Å²) in [7, 11) is 1.77. The number of aromatic nitrogens is 2. The molecule has 1 atom stereocenters. The molecule has 0 aliphatic heterocycles. The van der Waals surface area contributed by atoms with Crippen molar-refractivity contribution in [2.24, 2.45) is 7.05 Å². The van der Waals surface area contributed by atoms with E-state index in [1.165, 1.54) is 0 Å². The molecule has 0 amide bonds. The summed E-state index contributed by atoms with van der Waals surface area (Å²) in [6.45, 7) is 3.58. The first-order chi connectivity index (χ1) is 5.95. The third-order valence-electron chi connectivity index (χ3n) is 1.89. The molecule has 0 fully saturated rings. The number of imidazole rings is 1. The molecule has 0 saturated heterocycles. The Bertz CT molecular complexity index is 346. The molecule has 1 aromatic rings. The van der Waals surface area contributed by atoms with Crippen molar-refractivity contribution in [1.82, 2.24) is 9.55 Å². The van der Waals surface area contributed by atoms with Gasteiger partial charge in [-0.15, -0.1) is 0 Å². The normalized spacial score (nSPS) is 12.9. The van der Waals surface area contributed by atoms with Crippen LogP contribution in [0.5, 0.6) is 0 Å². The van der Waals surface area contributed by atoms with Crippen LogP contribution >= 0.6 is 15.9 Å². The molecule has 0 radical (unpaired) electrons. The van der Waals surface area contributed by atoms with Crippen LogP contribution in [0.25, 0.3) is 0 Å². The summed E-state index contributed by atoms with van der Waals surface area (Å²) in [4.78, 5) is 13.9. The summed E-state index contributed by atoms with van der Waals surface area (Å²) < 4.78 is 1.72. The molecule has 1 rings (SSSR count). The zero-order chi connectivity index (χ0) is 10.2. The Morgan fingerprint density at radius 3 is 2.54 bits per heavy atom. The van der Waals surface area contributed by atoms with Gasteiger partial charge in [-0.1, -0.05) is 15.9 Å². The number of rotatable bonds is 2. The van der Waals surface area contributed by atoms with E-state index in [9.17, 15) is 10.1 Å². The van der Waals surface area contributed by atoms with Crippen molar-refractivity contribution in [3.8, 4) is 0 Å². The van der Waals surface area contributed by atoms with Crippen LogP contribution in [0.1, 0.15) is 23.3 Å². The Balaban J connectivity index is 3.35. The zero-order valence-electron chi connectivity index (χ0n) is 7.61. The Morgan fingerprint density at radius 1 is 1.69 bits per heavy atom. The Kier molecular flexibility index (Phi) is 2.70. The van der Waals surface area contributed by atoms with Crippen LogP contribution in [0.15, 0.2) is 0 Å². The van der Waals surface area contributed by atoms with Crippen LogP contribution in [0, 0.1) is 17.0 Å². The van der Waals surface area contributed by atoms with Gasteiger partial charge in [0.1, 0.15) is 5.69 Å². The lowest BCUT2D eigenvalue weighted by molar-refractivity contribution is -0.390. The minimum Gasteiger partial charge on any atom is -0.358 e. The fraction of sp³-hybridized carbons (Fsp3) is 0.571. The molecule has 1 heterocycles. The highest BCUT2D eigenvalue weighted by Gasteiger charge is 2.25. The van der Waals surface area contributed by atoms with E-state index in [0.29, 0.717) is 11.5 Å². The van der Waals surface area contributed by atoms with Crippen LogP contribution < -0.4 is 0 Å². The average Bonchev–Trinajstić information content (AvgIpc) is 2.28. The summed E-state index contributed by atoms with van der Waals surface area (Å²) in [6.07, 6.45) is 0. The monoisotopic (exact) mass is 247 g/mol. The number of hydrogen-bond acceptors (Lipinski definition) is 3. The molecular weight excluding hydrogens is 238 g/mol. The summed E-state index contributed by atoms with van der Waals surface area (Å²) in [5.74, 6) is 0.581. The molecule has 72 valence electrons. The molecular formula is C7H10BrN3O2. The van der Waals surface area contributed by atoms with Crippen molar-refractivity contribution in [3.05, 3.63) is 21.6 Å². The number of alkyl halides is 1. The van der Waals surface area contributed by atoms with Crippen LogP contribution in [0.3, 0.4) is 0 Å². The molecule has 0 bridgehead atoms. The number of aryl methyl sites for hydroxylation is 1. The fourth-order valence-corrected chi connectivity index (χ4v) is 1.70. The van der Waals surface area contributed by atoms with E-state index in [1.54, 1.807) is 18.5 Å². The molecule has 0 N–H and O–H groups in total. The van der Waals surface area contributed by atoms with E-state index in [1.807, 2.05) is 6.92 Å². The summed E-state index contributed by atoms with van der Waals surface area (Å²) in [5, 5.41) is 10.6. The summed E-state index contributed by atoms with van der Waals surface area (Å²) >= 11 is 3.30. The highest BCUT2D eigenvalue weighted by molar-refractivity contribution is 9.09. The maximum Gasteiger partial charge on any atom is 0.386 e. The van der Waals surface area contributed by atoms with Gasteiger partial charge in [0.25, 0.3) is 0 Å². The van der Waals surface area contributed by atoms with Gasteiger partial charge in [0, 0.05) is 14.0 Å². The van der Waals surface area contributed by atoms with Crippen LogP contribution in [0.2, 0.25) is 0 Å². The van der Waals surface area contributed by atoms with Crippen LogP contribution in [-0.4, -0.2) is 14.5 Å². The fourth-order valence-electron chi connectivity index (χ4n) is 1.19. The molecule has 1 aromatic heterocycles. The van der Waals surface area contributed by atoms with Gasteiger partial charge >= 0.3 is 5.82 Å². The third kappa shape index (κ3) is 1.72. The van der Waals surface area contributed by atoms with Crippen molar-refractivity contribution in [1.29, 1.82) is 0 Å². The van der Waals surface area contributed by atoms with Gasteiger partial charge in [0.2, 0.25) is 5.82 Å². The lowest BCUT2D eigenvalue weighted by Gasteiger charge is -2.03. The van der Waals surface area contributed by atoms with Crippen molar-refractivity contribution in [3.63, 3.8) is 0 Å². The molecule has 1 unspecified atom stereocenters. The van der Waals surface area contributed by atoms with E-state index in [-0.39, 0.29) is 10.6 Å². The van der Waals surface area contributed by atoms with Gasteiger partial charge in [-0.05, 0) is 16.8 Å². The van der Waals surface area contributed by atoms with Crippen molar-refractivity contribution < 1.29 is 4.92 Å². The molecule has 0 aliphatic carbocycles. The summed E-state index contributed by atoms with van der Waals surface area (Å²) in [6, 6.07) is 0. The standard InChI is InChI=1S/C7H10BrN3O2/c1-4(8)6-7(11(12)13)9-5(2)10(6)3/h4H,1-3H3. The second-order valence-electron chi connectivity index (χ2n) is 2.80.